The van der Waals surface area contributed by atoms with Gasteiger partial charge >= 0.3 is 94.9 Å². The maximum absolute atomic E-state index is 2.39. The van der Waals surface area contributed by atoms with Crippen LogP contribution in [0.3, 0.4) is 0 Å². The molecule has 1 heteroatoms. The third-order valence-electron chi connectivity index (χ3n) is 2.83. The van der Waals surface area contributed by atoms with Crippen molar-refractivity contribution in [2.24, 2.45) is 0 Å². The second kappa shape index (κ2) is 3.53. The smallest absolute Gasteiger partial charge is 1.00 e. The molecule has 0 amide bonds. The molecule has 0 aromatic rings. The Morgan fingerprint density at radius 3 is 1.92 bits per heavy atom. The summed E-state index contributed by atoms with van der Waals surface area (Å²) in [5.74, 6) is 0. The summed E-state index contributed by atoms with van der Waals surface area (Å²) in [6, 6.07) is 0. The predicted molar refractivity (Wildman–Crippen MR) is 55.4 cm³/mol. The Hall–Kier alpha value is -0.170. The molecule has 13 heavy (non-hydrogen) atoms. The van der Waals surface area contributed by atoms with E-state index in [0.717, 1.165) is 12.8 Å². The van der Waals surface area contributed by atoms with Crippen LogP contribution in [0.25, 0.3) is 0 Å². The fourth-order valence-electron chi connectivity index (χ4n) is 1.84. The molecule has 0 aromatic carbocycles. The van der Waals surface area contributed by atoms with Crippen molar-refractivity contribution in [2.75, 3.05) is 0 Å². The van der Waals surface area contributed by atoms with Crippen LogP contribution in [-0.4, -0.2) is 0 Å². The molecule has 0 unspecified atom stereocenters. The van der Waals surface area contributed by atoms with Gasteiger partial charge in [-0.1, -0.05) is 0 Å². The minimum atomic E-state index is 0. The molecule has 0 saturated heterocycles. The molecule has 0 N–H and O–H groups in total. The van der Waals surface area contributed by atoms with E-state index in [2.05, 4.69) is 43.4 Å². The molecule has 0 radical (unpaired) electrons. The Morgan fingerprint density at radius 1 is 1.15 bits per heavy atom. The van der Waals surface area contributed by atoms with Crippen molar-refractivity contribution in [3.8, 4) is 0 Å². The molecule has 68 valence electrons. The van der Waals surface area contributed by atoms with Gasteiger partial charge < -0.3 is 4.28 Å². The predicted octanol–water partition coefficient (Wildman–Crippen LogP) is 3.82. The molecule has 2 rings (SSSR count). The van der Waals surface area contributed by atoms with Gasteiger partial charge in [0.15, 0.2) is 0 Å². The summed E-state index contributed by atoms with van der Waals surface area (Å²) < 4.78 is 0.396. The van der Waals surface area contributed by atoms with E-state index in [4.69, 9.17) is 0 Å². The van der Waals surface area contributed by atoms with E-state index in [-0.39, 0.29) is 4.28 Å². The fourth-order valence-corrected chi connectivity index (χ4v) is 3.17. The third-order valence-corrected chi connectivity index (χ3v) is 5.13. The zero-order valence-electron chi connectivity index (χ0n) is 10.9. The fraction of sp³-hybridized carbons (Fsp3) is 0.333. The molecule has 0 fully saturated rings. The second-order valence-electron chi connectivity index (χ2n) is 3.77. The van der Waals surface area contributed by atoms with E-state index in [1.165, 1.54) is 24.4 Å². The van der Waals surface area contributed by atoms with Crippen LogP contribution >= 0.6 is 0 Å². The summed E-state index contributed by atoms with van der Waals surface area (Å²) in [6.07, 6.45) is 15.8. The van der Waals surface area contributed by atoms with Crippen molar-refractivity contribution in [3.05, 3.63) is 47.6 Å². The summed E-state index contributed by atoms with van der Waals surface area (Å²) in [7, 11) is 0. The van der Waals surface area contributed by atoms with Gasteiger partial charge in [-0.2, -0.15) is 0 Å². The first-order valence-electron chi connectivity index (χ1n) is 4.68. The largest absolute Gasteiger partial charge is 1.00 e. The summed E-state index contributed by atoms with van der Waals surface area (Å²) in [5, 5.41) is 0. The van der Waals surface area contributed by atoms with Crippen molar-refractivity contribution in [3.63, 3.8) is 0 Å². The number of allylic oxidation sites excluding steroid dienone is 8. The van der Waals surface area contributed by atoms with Crippen LogP contribution in [0.4, 0.5) is 0 Å². The van der Waals surface area contributed by atoms with Gasteiger partial charge in [0.25, 0.3) is 0 Å². The van der Waals surface area contributed by atoms with Crippen LogP contribution < -0.4 is 0 Å². The van der Waals surface area contributed by atoms with E-state index in [1.54, 1.807) is 11.1 Å². The molecule has 0 atom stereocenters. The van der Waals surface area contributed by atoms with Gasteiger partial charge in [-0.05, 0) is 0 Å². The number of hydrogen-bond acceptors (Lipinski definition) is 0. The van der Waals surface area contributed by atoms with E-state index in [0.29, 0.717) is 3.17 Å². The normalized spacial score (nSPS) is 20.8. The van der Waals surface area contributed by atoms with E-state index >= 15 is 0 Å². The molecule has 2 aliphatic carbocycles. The topological polar surface area (TPSA) is 0 Å². The van der Waals surface area contributed by atoms with Gasteiger partial charge in [0.1, 0.15) is 0 Å². The van der Waals surface area contributed by atoms with Crippen molar-refractivity contribution in [1.82, 2.24) is 0 Å². The Kier molecular flexibility index (Phi) is 2.55. The Balaban J connectivity index is 0. The monoisotopic (exact) mass is 340 g/mol. The molecule has 0 heterocycles. The van der Waals surface area contributed by atoms with Gasteiger partial charge in [-0.15, -0.1) is 0 Å². The van der Waals surface area contributed by atoms with Crippen LogP contribution in [0.5, 0.6) is 0 Å². The van der Waals surface area contributed by atoms with Crippen molar-refractivity contribution < 1.29 is 28.7 Å². The van der Waals surface area contributed by atoms with Gasteiger partial charge in [-0.25, -0.2) is 0 Å². The van der Waals surface area contributed by atoms with Crippen LogP contribution in [0.2, 0.25) is 3.17 Å². The first-order valence-corrected chi connectivity index (χ1v) is 6.48. The van der Waals surface area contributed by atoms with Crippen LogP contribution in [-0.2, 0) is 24.4 Å². The maximum atomic E-state index is 2.39. The zero-order chi connectivity index (χ0) is 9.31. The first-order chi connectivity index (χ1) is 6.21. The minimum Gasteiger partial charge on any atom is -1.00 e. The van der Waals surface area contributed by atoms with Crippen molar-refractivity contribution >= 4 is 0 Å². The molecule has 0 spiro atoms. The summed E-state index contributed by atoms with van der Waals surface area (Å²) in [5.41, 5.74) is 3.21. The Bertz CT molecular complexity index is 306. The van der Waals surface area contributed by atoms with Crippen LogP contribution in [0.1, 0.15) is 24.0 Å². The molecular weight excluding hydrogens is 323 g/mol. The van der Waals surface area contributed by atoms with Crippen LogP contribution in [0, 0.1) is 0 Å². The Morgan fingerprint density at radius 2 is 1.62 bits per heavy atom. The molecule has 2 aliphatic rings. The molecular formula is C12H16Hf. The Labute approximate surface area is 99.1 Å². The molecule has 0 saturated carbocycles. The van der Waals surface area contributed by atoms with Gasteiger partial charge in [0.2, 0.25) is 0 Å². The zero-order valence-corrected chi connectivity index (χ0v) is 11.5. The SMILES string of the molecule is C[C]([Hf+3])(C1=CC=CC1)C1=CC=CC1.[H-].[H-].[H-]. The molecule has 0 bridgehead atoms. The summed E-state index contributed by atoms with van der Waals surface area (Å²) in [6.45, 7) is 2.39. The van der Waals surface area contributed by atoms with E-state index < -0.39 is 0 Å². The first kappa shape index (κ1) is 9.39. The van der Waals surface area contributed by atoms with E-state index in [9.17, 15) is 0 Å². The summed E-state index contributed by atoms with van der Waals surface area (Å²) in [4.78, 5) is 0. The van der Waals surface area contributed by atoms with Crippen molar-refractivity contribution in [1.29, 1.82) is 0 Å². The van der Waals surface area contributed by atoms with Crippen LogP contribution in [0.15, 0.2) is 47.6 Å². The number of rotatable bonds is 2. The van der Waals surface area contributed by atoms with E-state index in [1.807, 2.05) is 0 Å². The van der Waals surface area contributed by atoms with Gasteiger partial charge in [-0.3, -0.25) is 0 Å². The average molecular weight is 339 g/mol. The standard InChI is InChI=1S/C12H13.Hf.3H/c1-10(11-6-2-3-7-11)12-8-4-5-9-12;;;;/h2-6,8H,7,9H2,1H3;;;;/q;+3;3*-1. The minimum absolute atomic E-state index is 0. The molecule has 0 aromatic heterocycles. The molecule has 0 nitrogen and oxygen atoms in total. The van der Waals surface area contributed by atoms with Gasteiger partial charge in [0.05, 0.1) is 0 Å². The maximum Gasteiger partial charge on any atom is -1.00 e. The second-order valence-corrected chi connectivity index (χ2v) is 7.37. The summed E-state index contributed by atoms with van der Waals surface area (Å²) >= 11 is 1.22. The number of hydrogen-bond donors (Lipinski definition) is 0. The molecule has 0 aliphatic heterocycles. The third kappa shape index (κ3) is 1.71. The van der Waals surface area contributed by atoms with Crippen molar-refractivity contribution in [2.45, 2.75) is 22.9 Å². The average Bonchev–Trinajstić information content (AvgIpc) is 2.78. The quantitative estimate of drug-likeness (QED) is 0.671. The van der Waals surface area contributed by atoms with Gasteiger partial charge in [0, 0.05) is 0 Å².